The molecule has 0 fully saturated rings. The van der Waals surface area contributed by atoms with Crippen LogP contribution >= 0.6 is 0 Å². The molecule has 0 amide bonds. The van der Waals surface area contributed by atoms with Crippen LogP contribution in [-0.4, -0.2) is 11.8 Å². The Balaban J connectivity index is 2.30. The fourth-order valence-corrected chi connectivity index (χ4v) is 2.31. The Hall–Kier alpha value is -1.15. The third-order valence-corrected chi connectivity index (χ3v) is 3.33. The number of carbonyl (C=O) groups excluding carboxylic acids is 1. The lowest BCUT2D eigenvalue weighted by molar-refractivity contribution is 0.0879. The molecule has 2 unspecified atom stereocenters. The van der Waals surface area contributed by atoms with Crippen molar-refractivity contribution in [3.63, 3.8) is 0 Å². The van der Waals surface area contributed by atoms with Crippen molar-refractivity contribution in [2.24, 2.45) is 11.7 Å². The Bertz CT molecular complexity index is 373. The summed E-state index contributed by atoms with van der Waals surface area (Å²) in [7, 11) is 0. The largest absolute Gasteiger partial charge is 0.327 e. The van der Waals surface area contributed by atoms with Crippen LogP contribution in [-0.2, 0) is 6.42 Å². The first-order valence-corrected chi connectivity index (χ1v) is 5.61. The van der Waals surface area contributed by atoms with Crippen molar-refractivity contribution in [1.29, 1.82) is 0 Å². The van der Waals surface area contributed by atoms with E-state index in [-0.39, 0.29) is 17.7 Å². The second-order valence-electron chi connectivity index (χ2n) is 4.24. The smallest absolute Gasteiger partial charge is 0.167 e. The minimum absolute atomic E-state index is 0.0193. The number of benzene rings is 1. The van der Waals surface area contributed by atoms with E-state index < -0.39 is 0 Å². The van der Waals surface area contributed by atoms with E-state index in [0.717, 1.165) is 24.8 Å². The van der Waals surface area contributed by atoms with E-state index in [1.807, 2.05) is 31.2 Å². The van der Waals surface area contributed by atoms with Crippen LogP contribution in [0, 0.1) is 5.92 Å². The maximum absolute atomic E-state index is 12.1. The van der Waals surface area contributed by atoms with Gasteiger partial charge in [0.05, 0.1) is 0 Å². The predicted molar refractivity (Wildman–Crippen MR) is 60.8 cm³/mol. The molecule has 0 aromatic heterocycles. The number of aryl methyl sites for hydroxylation is 1. The maximum atomic E-state index is 12.1. The summed E-state index contributed by atoms with van der Waals surface area (Å²) in [4.78, 5) is 12.1. The molecule has 0 heterocycles. The lowest BCUT2D eigenvalue weighted by Crippen LogP contribution is -2.37. The number of rotatable bonds is 2. The van der Waals surface area contributed by atoms with Gasteiger partial charge in [0, 0.05) is 17.5 Å². The van der Waals surface area contributed by atoms with E-state index in [4.69, 9.17) is 5.73 Å². The number of Topliss-reactive ketones (excluding diaryl/α,β-unsaturated/α-hetero) is 1. The van der Waals surface area contributed by atoms with Crippen LogP contribution in [0.5, 0.6) is 0 Å². The second kappa shape index (κ2) is 4.15. The minimum atomic E-state index is 0.0193. The predicted octanol–water partition coefficient (Wildman–Crippen LogP) is 2.17. The molecule has 2 N–H and O–H groups in total. The standard InChI is InChI=1S/C13H17NO/c1-2-12(14)11-8-7-9-5-3-4-6-10(9)13(11)15/h3-6,11-12H,2,7-8,14H2,1H3. The van der Waals surface area contributed by atoms with Gasteiger partial charge in [-0.05, 0) is 24.8 Å². The minimum Gasteiger partial charge on any atom is -0.327 e. The van der Waals surface area contributed by atoms with Crippen LogP contribution < -0.4 is 5.73 Å². The monoisotopic (exact) mass is 203 g/mol. The third kappa shape index (κ3) is 1.82. The van der Waals surface area contributed by atoms with Gasteiger partial charge in [-0.15, -0.1) is 0 Å². The van der Waals surface area contributed by atoms with Gasteiger partial charge in [-0.2, -0.15) is 0 Å². The molecular formula is C13H17NO. The van der Waals surface area contributed by atoms with Crippen molar-refractivity contribution in [3.05, 3.63) is 35.4 Å². The Morgan fingerprint density at radius 2 is 2.20 bits per heavy atom. The van der Waals surface area contributed by atoms with Gasteiger partial charge in [-0.1, -0.05) is 31.2 Å². The molecule has 2 heteroatoms. The highest BCUT2D eigenvalue weighted by Gasteiger charge is 2.30. The van der Waals surface area contributed by atoms with Crippen molar-refractivity contribution < 1.29 is 4.79 Å². The zero-order chi connectivity index (χ0) is 10.8. The number of ketones is 1. The van der Waals surface area contributed by atoms with Crippen LogP contribution in [0.25, 0.3) is 0 Å². The Morgan fingerprint density at radius 3 is 2.93 bits per heavy atom. The highest BCUT2D eigenvalue weighted by molar-refractivity contribution is 6.00. The quantitative estimate of drug-likeness (QED) is 0.800. The van der Waals surface area contributed by atoms with Crippen molar-refractivity contribution in [2.45, 2.75) is 32.2 Å². The molecule has 2 rings (SSSR count). The third-order valence-electron chi connectivity index (χ3n) is 3.33. The van der Waals surface area contributed by atoms with Crippen molar-refractivity contribution in [1.82, 2.24) is 0 Å². The maximum Gasteiger partial charge on any atom is 0.167 e. The van der Waals surface area contributed by atoms with E-state index >= 15 is 0 Å². The highest BCUT2D eigenvalue weighted by atomic mass is 16.1. The van der Waals surface area contributed by atoms with Gasteiger partial charge >= 0.3 is 0 Å². The van der Waals surface area contributed by atoms with Crippen LogP contribution in [0.2, 0.25) is 0 Å². The van der Waals surface area contributed by atoms with E-state index in [1.165, 1.54) is 5.56 Å². The lowest BCUT2D eigenvalue weighted by atomic mass is 9.78. The molecule has 1 aromatic carbocycles. The zero-order valence-electron chi connectivity index (χ0n) is 9.07. The summed E-state index contributed by atoms with van der Waals surface area (Å²) in [6.45, 7) is 2.04. The van der Waals surface area contributed by atoms with E-state index in [9.17, 15) is 4.79 Å². The van der Waals surface area contributed by atoms with Gasteiger partial charge in [-0.25, -0.2) is 0 Å². The average molecular weight is 203 g/mol. The normalized spacial score (nSPS) is 22.3. The second-order valence-corrected chi connectivity index (χ2v) is 4.24. The number of fused-ring (bicyclic) bond motifs is 1. The van der Waals surface area contributed by atoms with Crippen LogP contribution in [0.1, 0.15) is 35.7 Å². The first-order chi connectivity index (χ1) is 7.24. The van der Waals surface area contributed by atoms with Gasteiger partial charge in [0.1, 0.15) is 0 Å². The topological polar surface area (TPSA) is 43.1 Å². The Kier molecular flexibility index (Phi) is 2.87. The van der Waals surface area contributed by atoms with Gasteiger partial charge in [-0.3, -0.25) is 4.79 Å². The first-order valence-electron chi connectivity index (χ1n) is 5.61. The van der Waals surface area contributed by atoms with Crippen molar-refractivity contribution >= 4 is 5.78 Å². The van der Waals surface area contributed by atoms with E-state index in [2.05, 4.69) is 0 Å². The molecule has 0 saturated heterocycles. The highest BCUT2D eigenvalue weighted by Crippen LogP contribution is 2.27. The SMILES string of the molecule is CCC(N)C1CCc2ccccc2C1=O. The Labute approximate surface area is 90.5 Å². The van der Waals surface area contributed by atoms with Crippen molar-refractivity contribution in [2.75, 3.05) is 0 Å². The number of hydrogen-bond acceptors (Lipinski definition) is 2. The van der Waals surface area contributed by atoms with Gasteiger partial charge in [0.15, 0.2) is 5.78 Å². The fourth-order valence-electron chi connectivity index (χ4n) is 2.31. The van der Waals surface area contributed by atoms with Gasteiger partial charge < -0.3 is 5.73 Å². The summed E-state index contributed by atoms with van der Waals surface area (Å²) in [6, 6.07) is 7.90. The molecule has 15 heavy (non-hydrogen) atoms. The summed E-state index contributed by atoms with van der Waals surface area (Å²) < 4.78 is 0. The molecule has 1 aliphatic carbocycles. The molecule has 0 saturated carbocycles. The summed E-state index contributed by atoms with van der Waals surface area (Å²) in [5, 5.41) is 0. The van der Waals surface area contributed by atoms with Crippen LogP contribution in [0.15, 0.2) is 24.3 Å². The van der Waals surface area contributed by atoms with E-state index in [0.29, 0.717) is 0 Å². The summed E-state index contributed by atoms with van der Waals surface area (Å²) >= 11 is 0. The lowest BCUT2D eigenvalue weighted by Gasteiger charge is -2.27. The number of carbonyl (C=O) groups is 1. The fraction of sp³-hybridized carbons (Fsp3) is 0.462. The molecule has 0 spiro atoms. The molecule has 80 valence electrons. The Morgan fingerprint density at radius 1 is 1.47 bits per heavy atom. The summed E-state index contributed by atoms with van der Waals surface area (Å²) in [5.74, 6) is 0.274. The molecule has 1 aromatic rings. The average Bonchev–Trinajstić information content (AvgIpc) is 2.29. The number of hydrogen-bond donors (Lipinski definition) is 1. The zero-order valence-corrected chi connectivity index (χ0v) is 9.07. The molecule has 0 bridgehead atoms. The molecule has 0 radical (unpaired) electrons. The number of nitrogens with two attached hydrogens (primary N) is 1. The summed E-state index contributed by atoms with van der Waals surface area (Å²) in [5.41, 5.74) is 8.04. The van der Waals surface area contributed by atoms with Gasteiger partial charge in [0.25, 0.3) is 0 Å². The molecular weight excluding hydrogens is 186 g/mol. The van der Waals surface area contributed by atoms with Crippen molar-refractivity contribution in [3.8, 4) is 0 Å². The molecule has 0 aliphatic heterocycles. The van der Waals surface area contributed by atoms with Crippen LogP contribution in [0.3, 0.4) is 0 Å². The first kappa shape index (κ1) is 10.4. The molecule has 2 nitrogen and oxygen atoms in total. The molecule has 2 atom stereocenters. The van der Waals surface area contributed by atoms with Gasteiger partial charge in [0.2, 0.25) is 0 Å². The van der Waals surface area contributed by atoms with Crippen LogP contribution in [0.4, 0.5) is 0 Å². The molecule has 1 aliphatic rings. The van der Waals surface area contributed by atoms with E-state index in [1.54, 1.807) is 0 Å². The summed E-state index contributed by atoms with van der Waals surface area (Å²) in [6.07, 6.45) is 2.77.